The van der Waals surface area contributed by atoms with Crippen LogP contribution in [-0.2, 0) is 26.2 Å². The van der Waals surface area contributed by atoms with Gasteiger partial charge in [-0.2, -0.15) is 5.10 Å². The molecule has 0 saturated heterocycles. The molecule has 0 unspecified atom stereocenters. The van der Waals surface area contributed by atoms with Gasteiger partial charge in [0.1, 0.15) is 0 Å². The van der Waals surface area contributed by atoms with E-state index in [-0.39, 0.29) is 0 Å². The van der Waals surface area contributed by atoms with Crippen LogP contribution in [0.25, 0.3) is 10.7 Å². The molecule has 0 spiro atoms. The minimum atomic E-state index is 0.811. The predicted molar refractivity (Wildman–Crippen MR) is 104 cm³/mol. The Morgan fingerprint density at radius 1 is 1.19 bits per heavy atom. The largest absolute Gasteiger partial charge is 0.304 e. The van der Waals surface area contributed by atoms with Crippen LogP contribution in [-0.4, -0.2) is 50.2 Å². The quantitative estimate of drug-likeness (QED) is 0.693. The zero-order chi connectivity index (χ0) is 17.9. The van der Waals surface area contributed by atoms with Gasteiger partial charge in [0.25, 0.3) is 0 Å². The van der Waals surface area contributed by atoms with E-state index in [9.17, 15) is 0 Å². The third-order valence-electron chi connectivity index (χ3n) is 4.48. The monoisotopic (exact) mass is 368 g/mol. The fourth-order valence-electron chi connectivity index (χ4n) is 3.35. The molecular formula is C19H24N6S. The van der Waals surface area contributed by atoms with Gasteiger partial charge < -0.3 is 4.90 Å². The number of fused-ring (bicyclic) bond motifs is 1. The number of aryl methyl sites for hydroxylation is 1. The van der Waals surface area contributed by atoms with Crippen LogP contribution in [0.2, 0.25) is 0 Å². The molecule has 0 aromatic carbocycles. The highest BCUT2D eigenvalue weighted by molar-refractivity contribution is 7.13. The molecule has 4 heterocycles. The van der Waals surface area contributed by atoms with Crippen LogP contribution in [0.1, 0.15) is 23.4 Å². The van der Waals surface area contributed by atoms with Crippen molar-refractivity contribution in [3.05, 3.63) is 52.9 Å². The maximum Gasteiger partial charge on any atom is 0.169 e. The van der Waals surface area contributed by atoms with E-state index in [0.29, 0.717) is 0 Å². The van der Waals surface area contributed by atoms with Crippen LogP contribution in [0.5, 0.6) is 0 Å². The van der Waals surface area contributed by atoms with E-state index in [4.69, 9.17) is 5.10 Å². The number of aromatic nitrogens is 4. The van der Waals surface area contributed by atoms with Crippen LogP contribution in [0.15, 0.2) is 36.0 Å². The van der Waals surface area contributed by atoms with E-state index in [2.05, 4.69) is 56.1 Å². The molecule has 0 amide bonds. The summed E-state index contributed by atoms with van der Waals surface area (Å²) in [6, 6.07) is 6.33. The molecule has 1 aliphatic heterocycles. The van der Waals surface area contributed by atoms with Gasteiger partial charge in [-0.15, -0.1) is 11.3 Å². The van der Waals surface area contributed by atoms with Crippen LogP contribution in [0.3, 0.4) is 0 Å². The van der Waals surface area contributed by atoms with Crippen molar-refractivity contribution in [3.63, 3.8) is 0 Å². The lowest BCUT2D eigenvalue weighted by atomic mass is 10.2. The van der Waals surface area contributed by atoms with Gasteiger partial charge in [-0.25, -0.2) is 9.97 Å². The Morgan fingerprint density at radius 3 is 2.77 bits per heavy atom. The highest BCUT2D eigenvalue weighted by Crippen LogP contribution is 2.21. The maximum absolute atomic E-state index is 4.76. The summed E-state index contributed by atoms with van der Waals surface area (Å²) in [7, 11) is 4.16. The van der Waals surface area contributed by atoms with Gasteiger partial charge in [-0.05, 0) is 38.0 Å². The first-order valence-electron chi connectivity index (χ1n) is 8.95. The smallest absolute Gasteiger partial charge is 0.169 e. The molecule has 4 rings (SSSR count). The van der Waals surface area contributed by atoms with Crippen molar-refractivity contribution in [2.75, 3.05) is 20.6 Å². The van der Waals surface area contributed by atoms with Gasteiger partial charge in [0, 0.05) is 50.7 Å². The van der Waals surface area contributed by atoms with Crippen molar-refractivity contribution in [3.8, 4) is 10.7 Å². The van der Waals surface area contributed by atoms with Crippen molar-refractivity contribution in [1.82, 2.24) is 29.5 Å². The van der Waals surface area contributed by atoms with E-state index >= 15 is 0 Å². The molecule has 7 heteroatoms. The zero-order valence-corrected chi connectivity index (χ0v) is 16.1. The summed E-state index contributed by atoms with van der Waals surface area (Å²) < 4.78 is 2.18. The highest BCUT2D eigenvalue weighted by atomic mass is 32.1. The van der Waals surface area contributed by atoms with E-state index in [1.54, 1.807) is 11.3 Å². The average Bonchev–Trinajstić information content (AvgIpc) is 3.22. The van der Waals surface area contributed by atoms with Crippen LogP contribution in [0, 0.1) is 0 Å². The lowest BCUT2D eigenvalue weighted by molar-refractivity contribution is 0.260. The summed E-state index contributed by atoms with van der Waals surface area (Å²) >= 11 is 1.67. The van der Waals surface area contributed by atoms with Crippen molar-refractivity contribution in [1.29, 1.82) is 0 Å². The molecule has 1 aliphatic rings. The highest BCUT2D eigenvalue weighted by Gasteiger charge is 2.17. The van der Waals surface area contributed by atoms with Gasteiger partial charge in [0.05, 0.1) is 16.3 Å². The summed E-state index contributed by atoms with van der Waals surface area (Å²) in [6.07, 6.45) is 5.04. The molecule has 26 heavy (non-hydrogen) atoms. The minimum Gasteiger partial charge on any atom is -0.304 e. The van der Waals surface area contributed by atoms with E-state index < -0.39 is 0 Å². The molecule has 0 atom stereocenters. The first-order valence-corrected chi connectivity index (χ1v) is 9.83. The molecule has 0 fully saturated rings. The molecule has 3 aromatic rings. The normalized spacial score (nSPS) is 15.2. The standard InChI is InChI=1S/C19H24N6S/c1-23(2)13-16-9-17-14-24(6-4-7-25(17)22-16)12-15-10-20-19(21-11-15)18-5-3-8-26-18/h3,5,8-11H,4,6-7,12-14H2,1-2H3. The summed E-state index contributed by atoms with van der Waals surface area (Å²) in [5.74, 6) is 0.811. The Hall–Kier alpha value is -2.09. The average molecular weight is 369 g/mol. The minimum absolute atomic E-state index is 0.811. The van der Waals surface area contributed by atoms with Gasteiger partial charge >= 0.3 is 0 Å². The molecule has 0 N–H and O–H groups in total. The summed E-state index contributed by atoms with van der Waals surface area (Å²) in [4.78, 5) is 14.8. The van der Waals surface area contributed by atoms with Gasteiger partial charge in [0.15, 0.2) is 5.82 Å². The third-order valence-corrected chi connectivity index (χ3v) is 5.34. The molecule has 0 saturated carbocycles. The van der Waals surface area contributed by atoms with E-state index in [1.165, 1.54) is 5.69 Å². The Bertz CT molecular complexity index is 838. The molecule has 0 bridgehead atoms. The fourth-order valence-corrected chi connectivity index (χ4v) is 4.02. The van der Waals surface area contributed by atoms with Crippen molar-refractivity contribution < 1.29 is 0 Å². The molecule has 136 valence electrons. The summed E-state index contributed by atoms with van der Waals surface area (Å²) in [6.45, 7) is 4.75. The Labute approximate surface area is 158 Å². The first-order chi connectivity index (χ1) is 12.7. The SMILES string of the molecule is CN(C)Cc1cc2n(n1)CCCN(Cc1cnc(-c3cccs3)nc1)C2. The second-order valence-electron chi connectivity index (χ2n) is 7.04. The van der Waals surface area contributed by atoms with Crippen LogP contribution in [0.4, 0.5) is 0 Å². The third kappa shape index (κ3) is 4.00. The van der Waals surface area contributed by atoms with Crippen LogP contribution >= 0.6 is 11.3 Å². The molecule has 0 radical (unpaired) electrons. The fraction of sp³-hybridized carbons (Fsp3) is 0.421. The summed E-state index contributed by atoms with van der Waals surface area (Å²) in [5, 5.41) is 6.81. The number of nitrogens with zero attached hydrogens (tertiary/aromatic N) is 6. The Kier molecular flexibility index (Phi) is 5.10. The second kappa shape index (κ2) is 7.65. The molecular weight excluding hydrogens is 344 g/mol. The summed E-state index contributed by atoms with van der Waals surface area (Å²) in [5.41, 5.74) is 3.61. The van der Waals surface area contributed by atoms with Gasteiger partial charge in [0.2, 0.25) is 0 Å². The first kappa shape index (κ1) is 17.3. The molecule has 0 aliphatic carbocycles. The number of hydrogen-bond donors (Lipinski definition) is 0. The molecule has 3 aromatic heterocycles. The van der Waals surface area contributed by atoms with Gasteiger partial charge in [-0.1, -0.05) is 6.07 Å². The zero-order valence-electron chi connectivity index (χ0n) is 15.3. The maximum atomic E-state index is 4.76. The van der Waals surface area contributed by atoms with Crippen molar-refractivity contribution in [2.24, 2.45) is 0 Å². The van der Waals surface area contributed by atoms with Crippen molar-refractivity contribution >= 4 is 11.3 Å². The predicted octanol–water partition coefficient (Wildman–Crippen LogP) is 2.87. The number of rotatable bonds is 5. The Balaban J connectivity index is 1.44. The second-order valence-corrected chi connectivity index (χ2v) is 7.99. The van der Waals surface area contributed by atoms with Gasteiger partial charge in [-0.3, -0.25) is 9.58 Å². The van der Waals surface area contributed by atoms with Crippen molar-refractivity contribution in [2.45, 2.75) is 32.6 Å². The molecule has 6 nitrogen and oxygen atoms in total. The lowest BCUT2D eigenvalue weighted by Crippen LogP contribution is -2.23. The Morgan fingerprint density at radius 2 is 2.04 bits per heavy atom. The van der Waals surface area contributed by atoms with Crippen LogP contribution < -0.4 is 0 Å². The lowest BCUT2D eigenvalue weighted by Gasteiger charge is -2.19. The number of thiophene rings is 1. The van der Waals surface area contributed by atoms with E-state index in [1.807, 2.05) is 18.5 Å². The number of hydrogen-bond acceptors (Lipinski definition) is 6. The topological polar surface area (TPSA) is 50.1 Å². The van der Waals surface area contributed by atoms with E-state index in [0.717, 1.165) is 61.1 Å².